The molecule has 1 heteroatoms. The van der Waals surface area contributed by atoms with Crippen LogP contribution in [0.4, 0.5) is 0 Å². The Morgan fingerprint density at radius 3 is 2.48 bits per heavy atom. The summed E-state index contributed by atoms with van der Waals surface area (Å²) in [5, 5.41) is 10.3. The molecule has 0 heterocycles. The molecule has 7 unspecified atom stereocenters. The Hall–Kier alpha value is -0.560. The molecule has 0 saturated heterocycles. The lowest BCUT2D eigenvalue weighted by Crippen LogP contribution is -2.52. The van der Waals surface area contributed by atoms with E-state index in [0.717, 1.165) is 42.4 Å². The minimum absolute atomic E-state index is 0.0329. The number of hydrogen-bond acceptors (Lipinski definition) is 1. The van der Waals surface area contributed by atoms with Crippen LogP contribution < -0.4 is 0 Å². The van der Waals surface area contributed by atoms with Crippen molar-refractivity contribution in [3.63, 3.8) is 0 Å². The topological polar surface area (TPSA) is 20.2 Å². The zero-order chi connectivity index (χ0) is 21.0. The summed E-state index contributed by atoms with van der Waals surface area (Å²) in [6, 6.07) is 0. The first-order valence-corrected chi connectivity index (χ1v) is 12.7. The minimum atomic E-state index is -0.0329. The molecule has 0 aromatic heterocycles. The molecule has 29 heavy (non-hydrogen) atoms. The van der Waals surface area contributed by atoms with E-state index in [9.17, 15) is 5.11 Å². The molecule has 0 spiro atoms. The number of aliphatic hydroxyl groups excluding tert-OH is 1. The van der Waals surface area contributed by atoms with Crippen molar-refractivity contribution in [2.75, 3.05) is 0 Å². The molecule has 0 aromatic carbocycles. The summed E-state index contributed by atoms with van der Waals surface area (Å²) < 4.78 is 0. The highest BCUT2D eigenvalue weighted by atomic mass is 16.3. The Morgan fingerprint density at radius 1 is 1.00 bits per heavy atom. The highest BCUT2D eigenvalue weighted by Gasteiger charge is 2.57. The third-order valence-corrected chi connectivity index (χ3v) is 10.5. The lowest BCUT2D eigenvalue weighted by atomic mass is 9.45. The number of fused-ring (bicyclic) bond motifs is 5. The fourth-order valence-corrected chi connectivity index (χ4v) is 8.10. The first-order chi connectivity index (χ1) is 13.7. The molecule has 164 valence electrons. The van der Waals surface area contributed by atoms with Gasteiger partial charge in [-0.05, 0) is 104 Å². The van der Waals surface area contributed by atoms with Gasteiger partial charge in [0.25, 0.3) is 0 Å². The maximum Gasteiger partial charge on any atom is 0.0543 e. The molecule has 0 aromatic rings. The monoisotopic (exact) mass is 398 g/mol. The average molecular weight is 399 g/mol. The summed E-state index contributed by atoms with van der Waals surface area (Å²) in [6.07, 6.45) is 17.8. The lowest BCUT2D eigenvalue weighted by molar-refractivity contribution is -0.0852. The second-order valence-electron chi connectivity index (χ2n) is 12.2. The van der Waals surface area contributed by atoms with Gasteiger partial charge in [0, 0.05) is 0 Å². The van der Waals surface area contributed by atoms with Gasteiger partial charge in [0.1, 0.15) is 0 Å². The van der Waals surface area contributed by atoms with E-state index in [4.69, 9.17) is 0 Å². The van der Waals surface area contributed by atoms with Crippen LogP contribution in [0.3, 0.4) is 0 Å². The molecule has 3 fully saturated rings. The van der Waals surface area contributed by atoms with E-state index in [1.165, 1.54) is 38.5 Å². The Bertz CT molecular complexity index is 659. The van der Waals surface area contributed by atoms with Crippen molar-refractivity contribution in [2.45, 2.75) is 99.0 Å². The Balaban J connectivity index is 1.51. The SMILES string of the molecule is CC(C)C(C)/C=C/C(C)C1CC=C2C3CC[C@H]4C[C@@H](O)CCC4(C)C3CCC21C. The van der Waals surface area contributed by atoms with Gasteiger partial charge in [0.05, 0.1) is 6.10 Å². The molecular weight excluding hydrogens is 352 g/mol. The second kappa shape index (κ2) is 7.85. The second-order valence-corrected chi connectivity index (χ2v) is 12.2. The zero-order valence-electron chi connectivity index (χ0n) is 20.0. The van der Waals surface area contributed by atoms with Crippen LogP contribution in [0.5, 0.6) is 0 Å². The van der Waals surface area contributed by atoms with Crippen LogP contribution in [0.15, 0.2) is 23.8 Å². The van der Waals surface area contributed by atoms with Crippen LogP contribution in [0.25, 0.3) is 0 Å². The van der Waals surface area contributed by atoms with Crippen molar-refractivity contribution in [1.82, 2.24) is 0 Å². The summed E-state index contributed by atoms with van der Waals surface area (Å²) in [5.74, 6) is 5.29. The largest absolute Gasteiger partial charge is 0.393 e. The molecule has 0 amide bonds. The molecule has 4 rings (SSSR count). The summed E-state index contributed by atoms with van der Waals surface area (Å²) in [4.78, 5) is 0. The van der Waals surface area contributed by atoms with E-state index in [1.807, 2.05) is 5.57 Å². The summed E-state index contributed by atoms with van der Waals surface area (Å²) in [6.45, 7) is 14.7. The van der Waals surface area contributed by atoms with Gasteiger partial charge < -0.3 is 5.11 Å². The zero-order valence-corrected chi connectivity index (χ0v) is 20.0. The van der Waals surface area contributed by atoms with Crippen LogP contribution >= 0.6 is 0 Å². The van der Waals surface area contributed by atoms with Gasteiger partial charge in [-0.1, -0.05) is 65.3 Å². The highest BCUT2D eigenvalue weighted by molar-refractivity contribution is 5.30. The summed E-state index contributed by atoms with van der Waals surface area (Å²) in [5.41, 5.74) is 2.74. The van der Waals surface area contributed by atoms with Gasteiger partial charge in [0.15, 0.2) is 0 Å². The standard InChI is InChI=1S/C28H46O/c1-18(2)19(3)7-8-20(4)24-11-12-25-23-10-9-21-17-22(29)13-15-27(21,5)26(23)14-16-28(24,25)6/h7-8,12,18-24,26,29H,9-11,13-17H2,1-6H3/b8-7+/t19?,20?,21-,22-,23?,24?,26?,27?,28?/m0/s1. The van der Waals surface area contributed by atoms with Crippen molar-refractivity contribution >= 4 is 0 Å². The molecule has 1 N–H and O–H groups in total. The van der Waals surface area contributed by atoms with Gasteiger partial charge in [-0.3, -0.25) is 0 Å². The van der Waals surface area contributed by atoms with Crippen LogP contribution in [0.1, 0.15) is 92.9 Å². The molecular formula is C28H46O. The Kier molecular flexibility index (Phi) is 5.86. The average Bonchev–Trinajstić information content (AvgIpc) is 3.03. The molecule has 0 aliphatic heterocycles. The summed E-state index contributed by atoms with van der Waals surface area (Å²) >= 11 is 0. The number of hydrogen-bond donors (Lipinski definition) is 1. The molecule has 0 bridgehead atoms. The molecule has 1 nitrogen and oxygen atoms in total. The van der Waals surface area contributed by atoms with Crippen molar-refractivity contribution in [1.29, 1.82) is 0 Å². The van der Waals surface area contributed by atoms with Gasteiger partial charge >= 0.3 is 0 Å². The van der Waals surface area contributed by atoms with Gasteiger partial charge in [-0.25, -0.2) is 0 Å². The fraction of sp³-hybridized carbons (Fsp3) is 0.857. The predicted molar refractivity (Wildman–Crippen MR) is 124 cm³/mol. The first kappa shape index (κ1) is 21.7. The highest BCUT2D eigenvalue weighted by Crippen LogP contribution is 2.66. The van der Waals surface area contributed by atoms with Crippen molar-refractivity contribution in [2.24, 2.45) is 52.3 Å². The Labute approximate surface area is 180 Å². The van der Waals surface area contributed by atoms with Crippen LogP contribution in [-0.4, -0.2) is 11.2 Å². The van der Waals surface area contributed by atoms with Crippen molar-refractivity contribution in [3.8, 4) is 0 Å². The van der Waals surface area contributed by atoms with E-state index in [1.54, 1.807) is 0 Å². The normalized spacial score (nSPS) is 46.8. The van der Waals surface area contributed by atoms with Gasteiger partial charge in [0.2, 0.25) is 0 Å². The molecule has 4 aliphatic carbocycles. The molecule has 0 radical (unpaired) electrons. The predicted octanol–water partition coefficient (Wildman–Crippen LogP) is 7.41. The van der Waals surface area contributed by atoms with Gasteiger partial charge in [-0.15, -0.1) is 0 Å². The fourth-order valence-electron chi connectivity index (χ4n) is 8.10. The number of aliphatic hydroxyl groups is 1. The summed E-state index contributed by atoms with van der Waals surface area (Å²) in [7, 11) is 0. The first-order valence-electron chi connectivity index (χ1n) is 12.7. The quantitative estimate of drug-likeness (QED) is 0.489. The molecule has 4 aliphatic rings. The molecule has 3 saturated carbocycles. The van der Waals surface area contributed by atoms with Crippen molar-refractivity contribution in [3.05, 3.63) is 23.8 Å². The van der Waals surface area contributed by atoms with E-state index in [2.05, 4.69) is 59.8 Å². The third-order valence-electron chi connectivity index (χ3n) is 10.5. The maximum absolute atomic E-state index is 10.3. The van der Waals surface area contributed by atoms with Crippen LogP contribution in [0, 0.1) is 52.3 Å². The number of rotatable bonds is 4. The molecule has 9 atom stereocenters. The van der Waals surface area contributed by atoms with E-state index >= 15 is 0 Å². The van der Waals surface area contributed by atoms with E-state index in [-0.39, 0.29) is 6.10 Å². The lowest BCUT2D eigenvalue weighted by Gasteiger charge is -2.59. The van der Waals surface area contributed by atoms with Crippen LogP contribution in [-0.2, 0) is 0 Å². The smallest absolute Gasteiger partial charge is 0.0543 e. The Morgan fingerprint density at radius 2 is 1.76 bits per heavy atom. The van der Waals surface area contributed by atoms with Crippen molar-refractivity contribution < 1.29 is 5.11 Å². The van der Waals surface area contributed by atoms with Gasteiger partial charge in [-0.2, -0.15) is 0 Å². The van der Waals surface area contributed by atoms with E-state index in [0.29, 0.717) is 22.7 Å². The maximum atomic E-state index is 10.3. The van der Waals surface area contributed by atoms with Crippen LogP contribution in [0.2, 0.25) is 0 Å². The third kappa shape index (κ3) is 3.58. The number of allylic oxidation sites excluding steroid dienone is 4. The minimum Gasteiger partial charge on any atom is -0.393 e. The van der Waals surface area contributed by atoms with E-state index < -0.39 is 0 Å².